The van der Waals surface area contributed by atoms with Gasteiger partial charge >= 0.3 is 0 Å². The van der Waals surface area contributed by atoms with Gasteiger partial charge in [-0.1, -0.05) is 18.5 Å². The highest BCUT2D eigenvalue weighted by Crippen LogP contribution is 2.20. The van der Waals surface area contributed by atoms with E-state index in [4.69, 9.17) is 23.8 Å². The van der Waals surface area contributed by atoms with E-state index in [1.807, 2.05) is 17.0 Å². The molecule has 0 spiro atoms. The fraction of sp³-hybridized carbons (Fsp3) is 0.500. The SMILES string of the molecule is CCCN(C(=S)Nc1ccc(Cl)cc1)[C@H]1CCS(=O)(=O)C1. The minimum Gasteiger partial charge on any atom is -0.345 e. The van der Waals surface area contributed by atoms with Crippen molar-refractivity contribution in [2.45, 2.75) is 25.8 Å². The van der Waals surface area contributed by atoms with Crippen LogP contribution in [0.25, 0.3) is 0 Å². The molecule has 1 aromatic rings. The van der Waals surface area contributed by atoms with E-state index in [1.165, 1.54) is 0 Å². The molecule has 0 unspecified atom stereocenters. The molecule has 1 saturated heterocycles. The van der Waals surface area contributed by atoms with Crippen molar-refractivity contribution >= 4 is 44.5 Å². The molecule has 1 heterocycles. The van der Waals surface area contributed by atoms with Gasteiger partial charge in [0.05, 0.1) is 11.5 Å². The molecule has 4 nitrogen and oxygen atoms in total. The summed E-state index contributed by atoms with van der Waals surface area (Å²) in [5.74, 6) is 0.441. The van der Waals surface area contributed by atoms with Crippen molar-refractivity contribution in [3.05, 3.63) is 29.3 Å². The zero-order chi connectivity index (χ0) is 15.5. The Hall–Kier alpha value is -0.850. The van der Waals surface area contributed by atoms with E-state index in [-0.39, 0.29) is 17.5 Å². The third-order valence-corrected chi connectivity index (χ3v) is 5.81. The number of sulfone groups is 1. The van der Waals surface area contributed by atoms with Crippen LogP contribution in [0.2, 0.25) is 5.02 Å². The summed E-state index contributed by atoms with van der Waals surface area (Å²) >= 11 is 11.3. The number of halogens is 1. The largest absolute Gasteiger partial charge is 0.345 e. The maximum Gasteiger partial charge on any atom is 0.173 e. The van der Waals surface area contributed by atoms with Crippen LogP contribution in [-0.4, -0.2) is 42.5 Å². The zero-order valence-electron chi connectivity index (χ0n) is 11.9. The van der Waals surface area contributed by atoms with Crippen LogP contribution in [-0.2, 0) is 9.84 Å². The van der Waals surface area contributed by atoms with Gasteiger partial charge in [0, 0.05) is 23.3 Å². The second-order valence-corrected chi connectivity index (χ2v) is 8.24. The molecule has 0 amide bonds. The summed E-state index contributed by atoms with van der Waals surface area (Å²) in [4.78, 5) is 1.99. The first-order valence-electron chi connectivity index (χ1n) is 6.95. The molecular weight excluding hydrogens is 328 g/mol. The molecule has 1 N–H and O–H groups in total. The molecule has 1 aromatic carbocycles. The van der Waals surface area contributed by atoms with Crippen molar-refractivity contribution < 1.29 is 8.42 Å². The second-order valence-electron chi connectivity index (χ2n) is 5.19. The fourth-order valence-corrected chi connectivity index (χ4v) is 4.66. The van der Waals surface area contributed by atoms with Gasteiger partial charge in [0.2, 0.25) is 0 Å². The topological polar surface area (TPSA) is 49.4 Å². The number of benzene rings is 1. The lowest BCUT2D eigenvalue weighted by Gasteiger charge is -2.30. The summed E-state index contributed by atoms with van der Waals surface area (Å²) in [6, 6.07) is 7.25. The van der Waals surface area contributed by atoms with Crippen LogP contribution in [0.4, 0.5) is 5.69 Å². The van der Waals surface area contributed by atoms with Crippen LogP contribution in [0.5, 0.6) is 0 Å². The van der Waals surface area contributed by atoms with Crippen LogP contribution in [0.15, 0.2) is 24.3 Å². The molecule has 0 radical (unpaired) electrons. The van der Waals surface area contributed by atoms with E-state index >= 15 is 0 Å². The van der Waals surface area contributed by atoms with Crippen LogP contribution >= 0.6 is 23.8 Å². The minimum absolute atomic E-state index is 0.0257. The van der Waals surface area contributed by atoms with E-state index in [2.05, 4.69) is 12.2 Å². The van der Waals surface area contributed by atoms with Crippen molar-refractivity contribution in [2.24, 2.45) is 0 Å². The van der Waals surface area contributed by atoms with E-state index in [0.29, 0.717) is 16.6 Å². The number of hydrogen-bond acceptors (Lipinski definition) is 3. The van der Waals surface area contributed by atoms with Crippen LogP contribution < -0.4 is 5.32 Å². The number of nitrogens with zero attached hydrogens (tertiary/aromatic N) is 1. The van der Waals surface area contributed by atoms with Gasteiger partial charge in [-0.15, -0.1) is 0 Å². The summed E-state index contributed by atoms with van der Waals surface area (Å²) in [5.41, 5.74) is 0.853. The number of rotatable bonds is 4. The van der Waals surface area contributed by atoms with Gasteiger partial charge in [0.15, 0.2) is 14.9 Å². The first-order valence-corrected chi connectivity index (χ1v) is 9.55. The number of nitrogens with one attached hydrogen (secondary N) is 1. The Morgan fingerprint density at radius 1 is 1.43 bits per heavy atom. The Morgan fingerprint density at radius 2 is 2.10 bits per heavy atom. The van der Waals surface area contributed by atoms with E-state index in [9.17, 15) is 8.42 Å². The molecule has 0 aromatic heterocycles. The molecular formula is C14H19ClN2O2S2. The summed E-state index contributed by atoms with van der Waals surface area (Å²) in [6.45, 7) is 2.81. The Morgan fingerprint density at radius 3 is 2.62 bits per heavy atom. The highest BCUT2D eigenvalue weighted by Gasteiger charge is 2.33. The lowest BCUT2D eigenvalue weighted by atomic mass is 10.2. The smallest absolute Gasteiger partial charge is 0.173 e. The van der Waals surface area contributed by atoms with Crippen LogP contribution in [0, 0.1) is 0 Å². The Kier molecular flexibility index (Phi) is 5.46. The number of thiocarbonyl (C=S) groups is 1. The molecule has 0 aliphatic carbocycles. The zero-order valence-corrected chi connectivity index (χ0v) is 14.3. The Balaban J connectivity index is 2.07. The van der Waals surface area contributed by atoms with Crippen LogP contribution in [0.3, 0.4) is 0 Å². The summed E-state index contributed by atoms with van der Waals surface area (Å²) in [7, 11) is -2.92. The molecule has 1 aliphatic rings. The normalized spacial score (nSPS) is 20.2. The van der Waals surface area contributed by atoms with E-state index < -0.39 is 9.84 Å². The summed E-state index contributed by atoms with van der Waals surface area (Å²) in [6.07, 6.45) is 1.56. The molecule has 1 fully saturated rings. The highest BCUT2D eigenvalue weighted by atomic mass is 35.5. The lowest BCUT2D eigenvalue weighted by molar-refractivity contribution is 0.339. The van der Waals surface area contributed by atoms with Crippen LogP contribution in [0.1, 0.15) is 19.8 Å². The van der Waals surface area contributed by atoms with Gasteiger partial charge < -0.3 is 10.2 Å². The standard InChI is InChI=1S/C14H19ClN2O2S2/c1-2-8-17(13-7-9-21(18,19)10-13)14(20)16-12-5-3-11(15)4-6-12/h3-6,13H,2,7-10H2,1H3,(H,16,20)/t13-/m0/s1. The van der Waals surface area contributed by atoms with Gasteiger partial charge in [0.1, 0.15) is 0 Å². The van der Waals surface area contributed by atoms with Gasteiger partial charge in [0.25, 0.3) is 0 Å². The summed E-state index contributed by atoms with van der Waals surface area (Å²) in [5, 5.41) is 4.40. The fourth-order valence-electron chi connectivity index (χ4n) is 2.44. The molecule has 0 saturated carbocycles. The Bertz CT molecular complexity index is 602. The molecule has 21 heavy (non-hydrogen) atoms. The van der Waals surface area contributed by atoms with E-state index in [1.54, 1.807) is 12.1 Å². The maximum atomic E-state index is 11.7. The first kappa shape index (κ1) is 16.5. The highest BCUT2D eigenvalue weighted by molar-refractivity contribution is 7.91. The minimum atomic E-state index is -2.92. The van der Waals surface area contributed by atoms with Crippen molar-refractivity contribution in [3.8, 4) is 0 Å². The second kappa shape index (κ2) is 6.94. The third-order valence-electron chi connectivity index (χ3n) is 3.47. The summed E-state index contributed by atoms with van der Waals surface area (Å²) < 4.78 is 23.3. The third kappa shape index (κ3) is 4.56. The average molecular weight is 347 g/mol. The van der Waals surface area contributed by atoms with Gasteiger partial charge in [-0.2, -0.15) is 0 Å². The van der Waals surface area contributed by atoms with E-state index in [0.717, 1.165) is 18.7 Å². The lowest BCUT2D eigenvalue weighted by Crippen LogP contribution is -2.43. The van der Waals surface area contributed by atoms with Gasteiger partial charge in [-0.25, -0.2) is 8.42 Å². The maximum absolute atomic E-state index is 11.7. The number of hydrogen-bond donors (Lipinski definition) is 1. The van der Waals surface area contributed by atoms with Crippen molar-refractivity contribution in [3.63, 3.8) is 0 Å². The quantitative estimate of drug-likeness (QED) is 0.849. The average Bonchev–Trinajstić information content (AvgIpc) is 2.78. The molecule has 1 aliphatic heterocycles. The van der Waals surface area contributed by atoms with Crippen molar-refractivity contribution in [1.82, 2.24) is 4.90 Å². The molecule has 0 bridgehead atoms. The van der Waals surface area contributed by atoms with Crippen molar-refractivity contribution in [1.29, 1.82) is 0 Å². The predicted molar refractivity (Wildman–Crippen MR) is 91.7 cm³/mol. The molecule has 116 valence electrons. The van der Waals surface area contributed by atoms with Crippen molar-refractivity contribution in [2.75, 3.05) is 23.4 Å². The van der Waals surface area contributed by atoms with Gasteiger partial charge in [-0.3, -0.25) is 0 Å². The number of anilines is 1. The van der Waals surface area contributed by atoms with Gasteiger partial charge in [-0.05, 0) is 49.3 Å². The molecule has 2 rings (SSSR count). The molecule has 7 heteroatoms. The Labute approximate surface area is 136 Å². The predicted octanol–water partition coefficient (Wildman–Crippen LogP) is 2.94. The first-order chi connectivity index (χ1) is 9.91. The molecule has 1 atom stereocenters. The monoisotopic (exact) mass is 346 g/mol.